The van der Waals surface area contributed by atoms with Gasteiger partial charge >= 0.3 is 0 Å². The minimum atomic E-state index is -0.415. The zero-order chi connectivity index (χ0) is 35.4. The van der Waals surface area contributed by atoms with Gasteiger partial charge in [0.05, 0.1) is 66.8 Å². The third kappa shape index (κ3) is 7.96. The molecule has 0 aliphatic carbocycles. The van der Waals surface area contributed by atoms with Gasteiger partial charge in [0.15, 0.2) is 0 Å². The van der Waals surface area contributed by atoms with E-state index >= 15 is 0 Å². The first-order chi connectivity index (χ1) is 24.1. The summed E-state index contributed by atoms with van der Waals surface area (Å²) in [6, 6.07) is 22.7. The van der Waals surface area contributed by atoms with Crippen LogP contribution >= 0.6 is 68.0 Å². The standard InChI is InChI=1S/C34H22Cl4N4O6S2/c35-25-11-9-19(17-27(25)37)39-33(47-15-13-41-29(43)21-5-1-2-6-22(21)30(41)44)49-50-34(40-20-10-12-26(36)28(38)18-20)48-16-14-42-31(45)23-7-3-4-8-24(23)32(42)46/h1-12,17-18H,13-16H2. The van der Waals surface area contributed by atoms with Crippen molar-refractivity contribution in [1.82, 2.24) is 9.80 Å². The molecule has 0 aromatic heterocycles. The number of fused-ring (bicyclic) bond motifs is 2. The topological polar surface area (TPSA) is 118 Å². The highest BCUT2D eigenvalue weighted by molar-refractivity contribution is 8.87. The third-order valence-corrected chi connectivity index (χ3v) is 10.6. The summed E-state index contributed by atoms with van der Waals surface area (Å²) >= 11 is 24.6. The number of carbonyl (C=O) groups is 4. The summed E-state index contributed by atoms with van der Waals surface area (Å²) in [5.41, 5.74) is 2.14. The van der Waals surface area contributed by atoms with Crippen LogP contribution in [0.15, 0.2) is 94.9 Å². The van der Waals surface area contributed by atoms with E-state index < -0.39 is 23.6 Å². The maximum absolute atomic E-state index is 12.9. The number of carbonyl (C=O) groups excluding carboxylic acids is 4. The van der Waals surface area contributed by atoms with Crippen molar-refractivity contribution in [3.05, 3.63) is 127 Å². The number of imide groups is 2. The number of aliphatic imine (C=N–C) groups is 2. The largest absolute Gasteiger partial charge is 0.470 e. The molecule has 0 atom stereocenters. The molecule has 4 amide bonds. The average molecular weight is 789 g/mol. The summed E-state index contributed by atoms with van der Waals surface area (Å²) in [5.74, 6) is -1.66. The molecular weight excluding hydrogens is 766 g/mol. The highest BCUT2D eigenvalue weighted by Crippen LogP contribution is 2.34. The summed E-state index contributed by atoms with van der Waals surface area (Å²) in [6.45, 7) is -0.254. The molecule has 0 spiro atoms. The Labute approximate surface area is 313 Å². The van der Waals surface area contributed by atoms with Crippen LogP contribution in [-0.4, -0.2) is 70.2 Å². The predicted molar refractivity (Wildman–Crippen MR) is 198 cm³/mol. The van der Waals surface area contributed by atoms with E-state index in [1.807, 2.05) is 0 Å². The second kappa shape index (κ2) is 15.9. The van der Waals surface area contributed by atoms with Gasteiger partial charge in [-0.15, -0.1) is 0 Å². The number of halogens is 4. The van der Waals surface area contributed by atoms with Crippen molar-refractivity contribution in [3.8, 4) is 0 Å². The molecule has 0 saturated carbocycles. The summed E-state index contributed by atoms with van der Waals surface area (Å²) in [6.07, 6.45) is 0. The molecule has 50 heavy (non-hydrogen) atoms. The highest BCUT2D eigenvalue weighted by Gasteiger charge is 2.36. The highest BCUT2D eigenvalue weighted by atomic mass is 35.5. The van der Waals surface area contributed by atoms with Crippen molar-refractivity contribution >= 4 is 113 Å². The smallest absolute Gasteiger partial charge is 0.262 e. The van der Waals surface area contributed by atoms with Crippen LogP contribution in [0.4, 0.5) is 11.4 Å². The van der Waals surface area contributed by atoms with Crippen molar-refractivity contribution < 1.29 is 28.7 Å². The van der Waals surface area contributed by atoms with E-state index in [1.165, 1.54) is 0 Å². The summed E-state index contributed by atoms with van der Waals surface area (Å²) in [5, 5.41) is 1.43. The average Bonchev–Trinajstić information content (AvgIpc) is 3.50. The molecule has 16 heteroatoms. The fraction of sp³-hybridized carbons (Fsp3) is 0.118. The zero-order valence-electron chi connectivity index (χ0n) is 25.5. The van der Waals surface area contributed by atoms with Gasteiger partial charge in [0.2, 0.25) is 0 Å². The summed E-state index contributed by atoms with van der Waals surface area (Å²) in [4.78, 5) is 62.8. The number of hydrogen-bond donors (Lipinski definition) is 0. The van der Waals surface area contributed by atoms with E-state index in [-0.39, 0.29) is 46.8 Å². The Morgan fingerprint density at radius 2 is 0.860 bits per heavy atom. The quantitative estimate of drug-likeness (QED) is 0.0752. The van der Waals surface area contributed by atoms with Gasteiger partial charge in [-0.05, 0) is 60.7 Å². The molecule has 4 aromatic rings. The van der Waals surface area contributed by atoms with Gasteiger partial charge in [0, 0.05) is 21.6 Å². The number of ether oxygens (including phenoxy) is 2. The first-order valence-corrected chi connectivity index (χ1v) is 18.3. The lowest BCUT2D eigenvalue weighted by Crippen LogP contribution is -2.33. The van der Waals surface area contributed by atoms with Crippen molar-refractivity contribution in [2.75, 3.05) is 26.3 Å². The number of benzene rings is 4. The molecule has 0 saturated heterocycles. The molecule has 254 valence electrons. The van der Waals surface area contributed by atoms with E-state index in [0.29, 0.717) is 43.7 Å². The lowest BCUT2D eigenvalue weighted by atomic mass is 10.1. The lowest BCUT2D eigenvalue weighted by Gasteiger charge is -2.16. The fourth-order valence-corrected chi connectivity index (χ4v) is 7.09. The van der Waals surface area contributed by atoms with Crippen LogP contribution in [0, 0.1) is 0 Å². The second-order valence-electron chi connectivity index (χ2n) is 10.4. The SMILES string of the molecule is O=C1c2ccccc2C(=O)N1CCOC(=Nc1ccc(Cl)c(Cl)c1)SSC(=Nc1ccc(Cl)c(Cl)c1)OCCN1C(=O)c2ccccc2C1=O. The second-order valence-corrected chi connectivity index (χ2v) is 14.1. The minimum absolute atomic E-state index is 0.0427. The molecule has 2 aliphatic rings. The molecule has 10 nitrogen and oxygen atoms in total. The van der Waals surface area contributed by atoms with Gasteiger partial charge < -0.3 is 9.47 Å². The molecule has 6 rings (SSSR count). The molecule has 0 radical (unpaired) electrons. The molecule has 2 heterocycles. The Morgan fingerprint density at radius 1 is 0.520 bits per heavy atom. The summed E-state index contributed by atoms with van der Waals surface area (Å²) in [7, 11) is 2.05. The summed E-state index contributed by atoms with van der Waals surface area (Å²) < 4.78 is 12.0. The molecule has 0 fully saturated rings. The van der Waals surface area contributed by atoms with Gasteiger partial charge in [-0.3, -0.25) is 29.0 Å². The van der Waals surface area contributed by atoms with Crippen LogP contribution in [0.2, 0.25) is 20.1 Å². The van der Waals surface area contributed by atoms with E-state index in [2.05, 4.69) is 9.98 Å². The van der Waals surface area contributed by atoms with Crippen LogP contribution in [-0.2, 0) is 9.47 Å². The predicted octanol–water partition coefficient (Wildman–Crippen LogP) is 8.98. The molecule has 0 N–H and O–H groups in total. The molecule has 0 unspecified atom stereocenters. The number of rotatable bonds is 8. The normalized spacial score (nSPS) is 14.4. The lowest BCUT2D eigenvalue weighted by molar-refractivity contribution is 0.0615. The Kier molecular flexibility index (Phi) is 11.4. The van der Waals surface area contributed by atoms with Gasteiger partial charge in [-0.2, -0.15) is 0 Å². The molecule has 4 aromatic carbocycles. The van der Waals surface area contributed by atoms with Crippen LogP contribution < -0.4 is 0 Å². The molecule has 2 aliphatic heterocycles. The Balaban J connectivity index is 1.18. The monoisotopic (exact) mass is 786 g/mol. The van der Waals surface area contributed by atoms with Crippen LogP contribution in [0.1, 0.15) is 41.4 Å². The fourth-order valence-electron chi connectivity index (χ4n) is 4.87. The van der Waals surface area contributed by atoms with Crippen LogP contribution in [0.25, 0.3) is 0 Å². The number of hydrogen-bond acceptors (Lipinski definition) is 10. The van der Waals surface area contributed by atoms with Crippen molar-refractivity contribution in [2.24, 2.45) is 9.98 Å². The maximum Gasteiger partial charge on any atom is 0.262 e. The van der Waals surface area contributed by atoms with E-state index in [0.717, 1.165) is 31.4 Å². The maximum atomic E-state index is 12.9. The molecule has 0 bridgehead atoms. The van der Waals surface area contributed by atoms with Crippen LogP contribution in [0.3, 0.4) is 0 Å². The number of amides is 4. The first-order valence-electron chi connectivity index (χ1n) is 14.7. The number of nitrogens with zero attached hydrogens (tertiary/aromatic N) is 4. The minimum Gasteiger partial charge on any atom is -0.470 e. The Bertz CT molecular complexity index is 1880. The van der Waals surface area contributed by atoms with E-state index in [9.17, 15) is 19.2 Å². The van der Waals surface area contributed by atoms with E-state index in [1.54, 1.807) is 84.9 Å². The molecular formula is C34H22Cl4N4O6S2. The van der Waals surface area contributed by atoms with Gasteiger partial charge in [0.1, 0.15) is 13.2 Å². The zero-order valence-corrected chi connectivity index (χ0v) is 30.1. The van der Waals surface area contributed by atoms with Gasteiger partial charge in [-0.1, -0.05) is 70.7 Å². The third-order valence-electron chi connectivity index (χ3n) is 7.27. The van der Waals surface area contributed by atoms with Crippen LogP contribution in [0.5, 0.6) is 0 Å². The first kappa shape index (κ1) is 35.8. The Hall–Kier alpha value is -4.04. The van der Waals surface area contributed by atoms with Crippen molar-refractivity contribution in [3.63, 3.8) is 0 Å². The Morgan fingerprint density at radius 3 is 1.18 bits per heavy atom. The van der Waals surface area contributed by atoms with Crippen molar-refractivity contribution in [2.45, 2.75) is 0 Å². The van der Waals surface area contributed by atoms with Gasteiger partial charge in [0.25, 0.3) is 34.1 Å². The van der Waals surface area contributed by atoms with Gasteiger partial charge in [-0.25, -0.2) is 9.98 Å². The van der Waals surface area contributed by atoms with E-state index in [4.69, 9.17) is 55.9 Å². The van der Waals surface area contributed by atoms with Crippen molar-refractivity contribution in [1.29, 1.82) is 0 Å².